The molecule has 1 aromatic heterocycles. The summed E-state index contributed by atoms with van der Waals surface area (Å²) < 4.78 is 0. The first-order valence-corrected chi connectivity index (χ1v) is 9.96. The fourth-order valence-electron chi connectivity index (χ4n) is 4.16. The van der Waals surface area contributed by atoms with E-state index in [1.165, 1.54) is 62.9 Å². The van der Waals surface area contributed by atoms with Crippen LogP contribution >= 0.6 is 0 Å². The number of benzene rings is 1. The number of unbranched alkanes of at least 4 members (excludes halogenated alkanes) is 3. The third-order valence-electron chi connectivity index (χ3n) is 6.19. The largest absolute Gasteiger partial charge is 0.345 e. The molecule has 1 saturated heterocycles. The van der Waals surface area contributed by atoms with Gasteiger partial charge in [-0.1, -0.05) is 58.2 Å². The van der Waals surface area contributed by atoms with Crippen molar-refractivity contribution in [2.24, 2.45) is 5.92 Å². The zero-order valence-corrected chi connectivity index (χ0v) is 16.1. The molecule has 0 aliphatic carbocycles. The van der Waals surface area contributed by atoms with Crippen LogP contribution in [-0.4, -0.2) is 34.5 Å². The summed E-state index contributed by atoms with van der Waals surface area (Å²) in [7, 11) is 0. The molecule has 2 aromatic rings. The van der Waals surface area contributed by atoms with Crippen LogP contribution in [0, 0.1) is 5.92 Å². The fourth-order valence-corrected chi connectivity index (χ4v) is 4.16. The molecule has 0 amide bonds. The standard InChI is InChI=1S/C22H33N3/c1-4-5-6-7-14-25-15-11-22(3,18(2)17-25)20-10-8-9-19(16-20)21-23-12-13-24-21/h8-10,12-13,16,18H,4-7,11,14-15,17H2,1-3H3,(H,23,24). The van der Waals surface area contributed by atoms with E-state index in [1.54, 1.807) is 0 Å². The summed E-state index contributed by atoms with van der Waals surface area (Å²) >= 11 is 0. The van der Waals surface area contributed by atoms with Crippen LogP contribution in [0.25, 0.3) is 11.4 Å². The molecule has 1 fully saturated rings. The smallest absolute Gasteiger partial charge is 0.137 e. The Labute approximate surface area is 152 Å². The van der Waals surface area contributed by atoms with Crippen LogP contribution in [-0.2, 0) is 5.41 Å². The van der Waals surface area contributed by atoms with E-state index >= 15 is 0 Å². The molecule has 3 heteroatoms. The summed E-state index contributed by atoms with van der Waals surface area (Å²) in [4.78, 5) is 10.3. The Hall–Kier alpha value is -1.61. The van der Waals surface area contributed by atoms with Gasteiger partial charge in [0, 0.05) is 24.5 Å². The number of hydrogen-bond acceptors (Lipinski definition) is 2. The fraction of sp³-hybridized carbons (Fsp3) is 0.591. The molecule has 0 spiro atoms. The number of hydrogen-bond donors (Lipinski definition) is 1. The summed E-state index contributed by atoms with van der Waals surface area (Å²) in [6.45, 7) is 10.9. The number of H-pyrrole nitrogens is 1. The van der Waals surface area contributed by atoms with Gasteiger partial charge in [0.15, 0.2) is 0 Å². The van der Waals surface area contributed by atoms with Gasteiger partial charge in [-0.2, -0.15) is 0 Å². The topological polar surface area (TPSA) is 31.9 Å². The van der Waals surface area contributed by atoms with Crippen LogP contribution in [0.2, 0.25) is 0 Å². The number of piperidine rings is 1. The number of nitrogens with zero attached hydrogens (tertiary/aromatic N) is 2. The lowest BCUT2D eigenvalue weighted by atomic mass is 9.68. The van der Waals surface area contributed by atoms with Crippen molar-refractivity contribution in [2.75, 3.05) is 19.6 Å². The summed E-state index contributed by atoms with van der Waals surface area (Å²) in [5, 5.41) is 0. The normalized spacial score (nSPS) is 24.5. The number of aromatic nitrogens is 2. The molecule has 1 aliphatic heterocycles. The minimum atomic E-state index is 0.253. The van der Waals surface area contributed by atoms with E-state index in [0.717, 1.165) is 5.82 Å². The zero-order valence-electron chi connectivity index (χ0n) is 16.1. The maximum Gasteiger partial charge on any atom is 0.137 e. The second kappa shape index (κ2) is 8.18. The number of likely N-dealkylation sites (tertiary alicyclic amines) is 1. The van der Waals surface area contributed by atoms with Gasteiger partial charge in [-0.15, -0.1) is 0 Å². The summed E-state index contributed by atoms with van der Waals surface area (Å²) in [6.07, 6.45) is 10.4. The summed E-state index contributed by atoms with van der Waals surface area (Å²) in [5.41, 5.74) is 2.90. The van der Waals surface area contributed by atoms with Crippen molar-refractivity contribution in [2.45, 2.75) is 58.3 Å². The quantitative estimate of drug-likeness (QED) is 0.698. The molecule has 0 bridgehead atoms. The van der Waals surface area contributed by atoms with Gasteiger partial charge >= 0.3 is 0 Å². The second-order valence-electron chi connectivity index (χ2n) is 7.95. The Bertz CT molecular complexity index is 649. The van der Waals surface area contributed by atoms with Crippen molar-refractivity contribution in [3.63, 3.8) is 0 Å². The van der Waals surface area contributed by atoms with Gasteiger partial charge in [0.2, 0.25) is 0 Å². The minimum absolute atomic E-state index is 0.253. The summed E-state index contributed by atoms with van der Waals surface area (Å²) in [6, 6.07) is 8.98. The Balaban J connectivity index is 1.67. The average Bonchev–Trinajstić information content (AvgIpc) is 3.17. The van der Waals surface area contributed by atoms with E-state index in [4.69, 9.17) is 0 Å². The Morgan fingerprint density at radius 2 is 2.16 bits per heavy atom. The van der Waals surface area contributed by atoms with E-state index in [1.807, 2.05) is 12.4 Å². The molecule has 2 heterocycles. The Kier molecular flexibility index (Phi) is 5.95. The van der Waals surface area contributed by atoms with E-state index in [0.29, 0.717) is 5.92 Å². The monoisotopic (exact) mass is 339 g/mol. The first-order valence-electron chi connectivity index (χ1n) is 9.96. The van der Waals surface area contributed by atoms with Gasteiger partial charge in [-0.25, -0.2) is 4.98 Å². The third kappa shape index (κ3) is 4.14. The van der Waals surface area contributed by atoms with Crippen molar-refractivity contribution in [1.29, 1.82) is 0 Å². The lowest BCUT2D eigenvalue weighted by Crippen LogP contribution is -2.47. The van der Waals surface area contributed by atoms with Gasteiger partial charge in [-0.05, 0) is 48.9 Å². The van der Waals surface area contributed by atoms with Gasteiger partial charge in [0.1, 0.15) is 5.82 Å². The lowest BCUT2D eigenvalue weighted by molar-refractivity contribution is 0.109. The van der Waals surface area contributed by atoms with Crippen molar-refractivity contribution in [1.82, 2.24) is 14.9 Å². The number of rotatable bonds is 7. The van der Waals surface area contributed by atoms with Crippen LogP contribution in [0.5, 0.6) is 0 Å². The van der Waals surface area contributed by atoms with Gasteiger partial charge in [0.05, 0.1) is 0 Å². The molecule has 1 aliphatic rings. The van der Waals surface area contributed by atoms with Crippen LogP contribution in [0.1, 0.15) is 58.4 Å². The highest BCUT2D eigenvalue weighted by molar-refractivity contribution is 5.56. The minimum Gasteiger partial charge on any atom is -0.345 e. The molecular weight excluding hydrogens is 306 g/mol. The van der Waals surface area contributed by atoms with Crippen molar-refractivity contribution in [3.05, 3.63) is 42.2 Å². The third-order valence-corrected chi connectivity index (χ3v) is 6.19. The lowest BCUT2D eigenvalue weighted by Gasteiger charge is -2.45. The molecule has 2 atom stereocenters. The van der Waals surface area contributed by atoms with Crippen molar-refractivity contribution < 1.29 is 0 Å². The zero-order chi connectivity index (χ0) is 17.7. The first kappa shape index (κ1) is 18.2. The average molecular weight is 340 g/mol. The van der Waals surface area contributed by atoms with E-state index in [2.05, 4.69) is 59.9 Å². The van der Waals surface area contributed by atoms with E-state index in [9.17, 15) is 0 Å². The molecule has 1 aromatic carbocycles. The van der Waals surface area contributed by atoms with E-state index in [-0.39, 0.29) is 5.41 Å². The SMILES string of the molecule is CCCCCCN1CCC(C)(c2cccc(-c3ncc[nH]3)c2)C(C)C1. The van der Waals surface area contributed by atoms with Crippen molar-refractivity contribution >= 4 is 0 Å². The molecular formula is C22H33N3. The molecule has 25 heavy (non-hydrogen) atoms. The highest BCUT2D eigenvalue weighted by Crippen LogP contribution is 2.40. The van der Waals surface area contributed by atoms with Gasteiger partial charge in [0.25, 0.3) is 0 Å². The molecule has 0 radical (unpaired) electrons. The highest BCUT2D eigenvalue weighted by Gasteiger charge is 2.37. The molecule has 136 valence electrons. The maximum absolute atomic E-state index is 4.41. The number of imidazole rings is 1. The van der Waals surface area contributed by atoms with Crippen LogP contribution < -0.4 is 0 Å². The second-order valence-corrected chi connectivity index (χ2v) is 7.95. The molecule has 3 rings (SSSR count). The Morgan fingerprint density at radius 1 is 1.28 bits per heavy atom. The Morgan fingerprint density at radius 3 is 2.88 bits per heavy atom. The van der Waals surface area contributed by atoms with Gasteiger partial charge in [-0.3, -0.25) is 0 Å². The molecule has 0 saturated carbocycles. The molecule has 3 nitrogen and oxygen atoms in total. The predicted octanol–water partition coefficient (Wildman–Crippen LogP) is 5.26. The predicted molar refractivity (Wildman–Crippen MR) is 106 cm³/mol. The van der Waals surface area contributed by atoms with Crippen LogP contribution in [0.15, 0.2) is 36.7 Å². The first-order chi connectivity index (χ1) is 12.1. The molecule has 1 N–H and O–H groups in total. The van der Waals surface area contributed by atoms with Crippen LogP contribution in [0.3, 0.4) is 0 Å². The number of aromatic amines is 1. The van der Waals surface area contributed by atoms with E-state index < -0.39 is 0 Å². The maximum atomic E-state index is 4.41. The van der Waals surface area contributed by atoms with Crippen molar-refractivity contribution in [3.8, 4) is 11.4 Å². The number of nitrogens with one attached hydrogen (secondary N) is 1. The van der Waals surface area contributed by atoms with Crippen LogP contribution in [0.4, 0.5) is 0 Å². The summed E-state index contributed by atoms with van der Waals surface area (Å²) in [5.74, 6) is 1.63. The van der Waals surface area contributed by atoms with Gasteiger partial charge < -0.3 is 9.88 Å². The molecule has 2 unspecified atom stereocenters. The highest BCUT2D eigenvalue weighted by atomic mass is 15.1.